The summed E-state index contributed by atoms with van der Waals surface area (Å²) in [5.41, 5.74) is -3.70. The summed E-state index contributed by atoms with van der Waals surface area (Å²) in [7, 11) is 1.43. The van der Waals surface area contributed by atoms with Gasteiger partial charge in [0, 0.05) is 37.9 Å². The number of methoxy groups -OCH3 is 1. The normalized spacial score (nSPS) is 50.3. The van der Waals surface area contributed by atoms with E-state index in [4.69, 9.17) is 23.4 Å². The molecule has 11 heteroatoms. The van der Waals surface area contributed by atoms with Gasteiger partial charge < -0.3 is 43.8 Å². The van der Waals surface area contributed by atoms with Crippen LogP contribution in [0.4, 0.5) is 0 Å². The minimum absolute atomic E-state index is 0.102. The standard InChI is InChI=1S/C33H48O11/c1-17-26(36)28(40-5)27(37)29(42-17)44-20-8-11-30(3)22(14-20)23(43-18(2)34)15-32(38)24(30)10-12-31(4)21(9-13-33(31,32)39)19-6-7-25(35)41-16-19/h6-7,16-17,20-24,26-29,36-39H,8-15H2,1-5H3. The minimum atomic E-state index is -1.51. The van der Waals surface area contributed by atoms with Crippen LogP contribution in [0.25, 0.3) is 0 Å². The maximum atomic E-state index is 12.8. The summed E-state index contributed by atoms with van der Waals surface area (Å²) in [6.45, 7) is 7.25. The summed E-state index contributed by atoms with van der Waals surface area (Å²) < 4.78 is 28.7. The zero-order chi connectivity index (χ0) is 31.8. The summed E-state index contributed by atoms with van der Waals surface area (Å²) in [6, 6.07) is 3.16. The van der Waals surface area contributed by atoms with Crippen LogP contribution in [0.1, 0.15) is 90.5 Å². The van der Waals surface area contributed by atoms with E-state index < -0.39 is 70.4 Å². The molecule has 0 bridgehead atoms. The molecule has 11 nitrogen and oxygen atoms in total. The van der Waals surface area contributed by atoms with Crippen molar-refractivity contribution in [1.82, 2.24) is 0 Å². The molecule has 1 saturated heterocycles. The predicted molar refractivity (Wildman–Crippen MR) is 155 cm³/mol. The summed E-state index contributed by atoms with van der Waals surface area (Å²) in [4.78, 5) is 24.1. The first-order valence-corrected chi connectivity index (χ1v) is 16.1. The summed E-state index contributed by atoms with van der Waals surface area (Å²) >= 11 is 0. The van der Waals surface area contributed by atoms with E-state index in [0.717, 1.165) is 5.56 Å². The van der Waals surface area contributed by atoms with E-state index in [-0.39, 0.29) is 30.3 Å². The molecule has 14 unspecified atom stereocenters. The van der Waals surface area contributed by atoms with Gasteiger partial charge in [0.15, 0.2) is 6.29 Å². The smallest absolute Gasteiger partial charge is 0.335 e. The molecule has 4 saturated carbocycles. The van der Waals surface area contributed by atoms with Crippen molar-refractivity contribution < 1.29 is 48.6 Å². The van der Waals surface area contributed by atoms with Crippen LogP contribution < -0.4 is 5.63 Å². The van der Waals surface area contributed by atoms with Gasteiger partial charge in [0.2, 0.25) is 0 Å². The molecular weight excluding hydrogens is 572 g/mol. The Labute approximate surface area is 257 Å². The highest BCUT2D eigenvalue weighted by Gasteiger charge is 2.75. The lowest BCUT2D eigenvalue weighted by atomic mass is 9.40. The Kier molecular flexibility index (Phi) is 8.13. The third-order valence-electron chi connectivity index (χ3n) is 12.7. The van der Waals surface area contributed by atoms with Crippen LogP contribution in [0.15, 0.2) is 27.6 Å². The van der Waals surface area contributed by atoms with Crippen LogP contribution in [0, 0.1) is 22.7 Å². The van der Waals surface area contributed by atoms with Gasteiger partial charge in [-0.3, -0.25) is 4.79 Å². The Morgan fingerprint density at radius 3 is 2.45 bits per heavy atom. The Morgan fingerprint density at radius 1 is 1.05 bits per heavy atom. The third kappa shape index (κ3) is 4.64. The molecule has 0 aromatic carbocycles. The molecule has 1 aromatic heterocycles. The van der Waals surface area contributed by atoms with E-state index in [2.05, 4.69) is 6.92 Å². The van der Waals surface area contributed by atoms with Gasteiger partial charge >= 0.3 is 11.6 Å². The average molecular weight is 621 g/mol. The first-order chi connectivity index (χ1) is 20.7. The molecule has 0 spiro atoms. The van der Waals surface area contributed by atoms with Crippen molar-refractivity contribution in [1.29, 1.82) is 0 Å². The van der Waals surface area contributed by atoms with Crippen molar-refractivity contribution in [2.75, 3.05) is 7.11 Å². The first-order valence-electron chi connectivity index (χ1n) is 16.1. The van der Waals surface area contributed by atoms with Crippen molar-refractivity contribution in [3.63, 3.8) is 0 Å². The van der Waals surface area contributed by atoms with Gasteiger partial charge in [-0.15, -0.1) is 0 Å². The number of aliphatic hydroxyl groups is 4. The highest BCUT2D eigenvalue weighted by molar-refractivity contribution is 5.66. The highest BCUT2D eigenvalue weighted by atomic mass is 16.7. The lowest BCUT2D eigenvalue weighted by molar-refractivity contribution is -0.328. The number of carbonyl (C=O) groups is 1. The van der Waals surface area contributed by atoms with Crippen molar-refractivity contribution in [3.8, 4) is 0 Å². The maximum Gasteiger partial charge on any atom is 0.335 e. The number of fused-ring (bicyclic) bond motifs is 5. The summed E-state index contributed by atoms with van der Waals surface area (Å²) in [6.07, 6.45) is 0.146. The van der Waals surface area contributed by atoms with Crippen molar-refractivity contribution in [2.45, 2.75) is 139 Å². The molecule has 246 valence electrons. The SMILES string of the molecule is COC1C(O)C(C)OC(OC2CCC3(C)C(C2)C(OC(C)=O)CC2(O)C3CCC3(C)C(c4ccc(=O)oc4)CCC32O)C1O. The van der Waals surface area contributed by atoms with Crippen LogP contribution in [-0.2, 0) is 23.7 Å². The fraction of sp³-hybridized carbons (Fsp3) is 0.818. The predicted octanol–water partition coefficient (Wildman–Crippen LogP) is 2.40. The zero-order valence-corrected chi connectivity index (χ0v) is 26.3. The maximum absolute atomic E-state index is 12.8. The van der Waals surface area contributed by atoms with Crippen LogP contribution in [0.3, 0.4) is 0 Å². The second-order valence-electron chi connectivity index (χ2n) is 14.7. The topological polar surface area (TPSA) is 165 Å². The van der Waals surface area contributed by atoms with Crippen LogP contribution in [0.5, 0.6) is 0 Å². The van der Waals surface area contributed by atoms with Gasteiger partial charge in [0.25, 0.3) is 0 Å². The van der Waals surface area contributed by atoms with E-state index in [1.807, 2.05) is 6.92 Å². The van der Waals surface area contributed by atoms with Gasteiger partial charge in [-0.1, -0.05) is 13.8 Å². The molecule has 14 atom stereocenters. The summed E-state index contributed by atoms with van der Waals surface area (Å²) in [5.74, 6) is -0.968. The van der Waals surface area contributed by atoms with Gasteiger partial charge in [0.05, 0.1) is 24.1 Å². The average Bonchev–Trinajstić information content (AvgIpc) is 3.24. The van der Waals surface area contributed by atoms with Gasteiger partial charge in [0.1, 0.15) is 30.0 Å². The van der Waals surface area contributed by atoms with E-state index in [9.17, 15) is 30.0 Å². The van der Waals surface area contributed by atoms with Crippen molar-refractivity contribution >= 4 is 5.97 Å². The molecule has 6 rings (SSSR count). The summed E-state index contributed by atoms with van der Waals surface area (Å²) in [5, 5.41) is 46.7. The number of aliphatic hydroxyl groups excluding tert-OH is 2. The number of esters is 1. The molecule has 44 heavy (non-hydrogen) atoms. The van der Waals surface area contributed by atoms with Crippen molar-refractivity contribution in [2.24, 2.45) is 22.7 Å². The molecule has 4 aliphatic carbocycles. The monoisotopic (exact) mass is 620 g/mol. The Morgan fingerprint density at radius 2 is 1.80 bits per heavy atom. The largest absolute Gasteiger partial charge is 0.462 e. The van der Waals surface area contributed by atoms with Gasteiger partial charge in [-0.2, -0.15) is 0 Å². The van der Waals surface area contributed by atoms with Crippen molar-refractivity contribution in [3.05, 3.63) is 34.4 Å². The molecular formula is C33H48O11. The number of rotatable bonds is 5. The van der Waals surface area contributed by atoms with E-state index in [1.54, 1.807) is 13.0 Å². The number of carbonyl (C=O) groups excluding carboxylic acids is 1. The van der Waals surface area contributed by atoms with Crippen LogP contribution in [-0.4, -0.2) is 87.6 Å². The molecule has 4 N–H and O–H groups in total. The molecule has 5 aliphatic rings. The fourth-order valence-electron chi connectivity index (χ4n) is 10.4. The van der Waals surface area contributed by atoms with Gasteiger partial charge in [-0.05, 0) is 80.8 Å². The second-order valence-corrected chi connectivity index (χ2v) is 14.7. The van der Waals surface area contributed by atoms with Gasteiger partial charge in [-0.25, -0.2) is 4.79 Å². The molecule has 0 amide bonds. The Bertz CT molecular complexity index is 1280. The number of ether oxygens (including phenoxy) is 4. The second kappa shape index (κ2) is 11.1. The molecule has 2 heterocycles. The van der Waals surface area contributed by atoms with E-state index >= 15 is 0 Å². The quantitative estimate of drug-likeness (QED) is 0.282. The van der Waals surface area contributed by atoms with Crippen LogP contribution in [0.2, 0.25) is 0 Å². The molecule has 1 aliphatic heterocycles. The number of hydrogen-bond donors (Lipinski definition) is 4. The number of hydrogen-bond acceptors (Lipinski definition) is 11. The lowest BCUT2D eigenvalue weighted by Gasteiger charge is -2.68. The molecule has 1 aromatic rings. The van der Waals surface area contributed by atoms with Crippen LogP contribution >= 0.6 is 0 Å². The fourth-order valence-corrected chi connectivity index (χ4v) is 10.4. The molecule has 0 radical (unpaired) electrons. The molecule has 5 fully saturated rings. The minimum Gasteiger partial charge on any atom is -0.462 e. The Balaban J connectivity index is 1.29. The highest BCUT2D eigenvalue weighted by Crippen LogP contribution is 2.72. The lowest BCUT2D eigenvalue weighted by Crippen LogP contribution is -2.75. The first kappa shape index (κ1) is 32.1. The van der Waals surface area contributed by atoms with E-state index in [0.29, 0.717) is 44.9 Å². The zero-order valence-electron chi connectivity index (χ0n) is 26.3. The van der Waals surface area contributed by atoms with E-state index in [1.165, 1.54) is 26.4 Å². The Hall–Kier alpha value is -1.86. The third-order valence-corrected chi connectivity index (χ3v) is 12.7.